The number of hydrogen-bond donors (Lipinski definition) is 1. The number of ether oxygens (including phenoxy) is 2. The molecular weight excluding hydrogens is 408 g/mol. The van der Waals surface area contributed by atoms with E-state index in [-0.39, 0.29) is 19.6 Å². The summed E-state index contributed by atoms with van der Waals surface area (Å²) in [6.07, 6.45) is -1.37. The van der Waals surface area contributed by atoms with Crippen molar-refractivity contribution in [3.05, 3.63) is 71.8 Å². The number of benzene rings is 2. The van der Waals surface area contributed by atoms with Gasteiger partial charge in [-0.25, -0.2) is 9.59 Å². The van der Waals surface area contributed by atoms with Gasteiger partial charge in [-0.3, -0.25) is 0 Å². The first-order valence-electron chi connectivity index (χ1n) is 10.9. The van der Waals surface area contributed by atoms with Gasteiger partial charge in [-0.2, -0.15) is 0 Å². The van der Waals surface area contributed by atoms with Crippen molar-refractivity contribution >= 4 is 12.2 Å². The van der Waals surface area contributed by atoms with Crippen LogP contribution in [0.15, 0.2) is 60.7 Å². The molecule has 1 aliphatic rings. The van der Waals surface area contributed by atoms with E-state index in [2.05, 4.69) is 0 Å². The zero-order valence-corrected chi connectivity index (χ0v) is 18.9. The molecule has 1 N–H and O–H groups in total. The maximum Gasteiger partial charge on any atom is 0.410 e. The lowest BCUT2D eigenvalue weighted by Crippen LogP contribution is -2.57. The zero-order chi connectivity index (χ0) is 23.1. The number of amides is 2. The Bertz CT molecular complexity index is 882. The van der Waals surface area contributed by atoms with E-state index in [0.717, 1.165) is 11.1 Å². The Kier molecular flexibility index (Phi) is 7.75. The topological polar surface area (TPSA) is 79.3 Å². The highest BCUT2D eigenvalue weighted by Crippen LogP contribution is 2.25. The highest BCUT2D eigenvalue weighted by Gasteiger charge is 2.36. The molecule has 2 atom stereocenters. The van der Waals surface area contributed by atoms with Gasteiger partial charge in [-0.05, 0) is 38.3 Å². The van der Waals surface area contributed by atoms with Gasteiger partial charge in [0.2, 0.25) is 0 Å². The van der Waals surface area contributed by atoms with E-state index in [1.54, 1.807) is 9.80 Å². The third kappa shape index (κ3) is 6.72. The van der Waals surface area contributed by atoms with Crippen molar-refractivity contribution in [3.63, 3.8) is 0 Å². The van der Waals surface area contributed by atoms with Crippen LogP contribution in [0.4, 0.5) is 9.59 Å². The fourth-order valence-electron chi connectivity index (χ4n) is 3.66. The number of piperazine rings is 1. The summed E-state index contributed by atoms with van der Waals surface area (Å²) in [6.45, 7) is 6.53. The molecule has 0 aliphatic carbocycles. The quantitative estimate of drug-likeness (QED) is 0.747. The molecule has 0 saturated carbocycles. The van der Waals surface area contributed by atoms with E-state index in [0.29, 0.717) is 13.1 Å². The molecule has 7 heteroatoms. The maximum atomic E-state index is 12.9. The molecule has 32 heavy (non-hydrogen) atoms. The smallest absolute Gasteiger partial charge is 0.410 e. The molecule has 0 bridgehead atoms. The van der Waals surface area contributed by atoms with Crippen LogP contribution >= 0.6 is 0 Å². The van der Waals surface area contributed by atoms with Crippen LogP contribution in [0.3, 0.4) is 0 Å². The predicted molar refractivity (Wildman–Crippen MR) is 121 cm³/mol. The van der Waals surface area contributed by atoms with Crippen molar-refractivity contribution in [2.45, 2.75) is 51.5 Å². The van der Waals surface area contributed by atoms with Gasteiger partial charge in [0.1, 0.15) is 12.2 Å². The van der Waals surface area contributed by atoms with Crippen molar-refractivity contribution < 1.29 is 24.2 Å². The summed E-state index contributed by atoms with van der Waals surface area (Å²) in [4.78, 5) is 28.7. The largest absolute Gasteiger partial charge is 0.445 e. The maximum absolute atomic E-state index is 12.9. The lowest BCUT2D eigenvalue weighted by atomic mass is 9.99. The Morgan fingerprint density at radius 2 is 1.62 bits per heavy atom. The second-order valence-corrected chi connectivity index (χ2v) is 8.98. The van der Waals surface area contributed by atoms with Crippen LogP contribution in [0.1, 0.15) is 44.4 Å². The molecule has 0 radical (unpaired) electrons. The van der Waals surface area contributed by atoms with Gasteiger partial charge < -0.3 is 24.4 Å². The number of aliphatic hydroxyl groups excluding tert-OH is 1. The zero-order valence-electron chi connectivity index (χ0n) is 18.9. The molecule has 1 saturated heterocycles. The Morgan fingerprint density at radius 3 is 2.25 bits per heavy atom. The number of nitrogens with zero attached hydrogens (tertiary/aromatic N) is 2. The summed E-state index contributed by atoms with van der Waals surface area (Å²) in [5, 5.41) is 10.8. The Hall–Kier alpha value is -3.06. The minimum atomic E-state index is -0.774. The molecule has 1 heterocycles. The number of rotatable bonds is 5. The fourth-order valence-corrected chi connectivity index (χ4v) is 3.66. The Labute approximate surface area is 189 Å². The molecule has 2 amide bonds. The van der Waals surface area contributed by atoms with Gasteiger partial charge in [0, 0.05) is 19.6 Å². The highest BCUT2D eigenvalue weighted by atomic mass is 16.6. The van der Waals surface area contributed by atoms with Crippen LogP contribution in [0, 0.1) is 0 Å². The second-order valence-electron chi connectivity index (χ2n) is 8.98. The predicted octanol–water partition coefficient (Wildman–Crippen LogP) is 4.37. The van der Waals surface area contributed by atoms with Crippen LogP contribution in [0.2, 0.25) is 0 Å². The monoisotopic (exact) mass is 440 g/mol. The van der Waals surface area contributed by atoms with Crippen molar-refractivity contribution in [1.82, 2.24) is 9.80 Å². The summed E-state index contributed by atoms with van der Waals surface area (Å²) < 4.78 is 11.0. The van der Waals surface area contributed by atoms with Crippen molar-refractivity contribution in [1.29, 1.82) is 0 Å². The van der Waals surface area contributed by atoms with Gasteiger partial charge >= 0.3 is 12.2 Å². The van der Waals surface area contributed by atoms with Crippen molar-refractivity contribution in [3.8, 4) is 0 Å². The number of carbonyl (C=O) groups excluding carboxylic acids is 2. The molecule has 7 nitrogen and oxygen atoms in total. The molecule has 1 fully saturated rings. The number of carbonyl (C=O) groups is 2. The minimum absolute atomic E-state index is 0.167. The van der Waals surface area contributed by atoms with Gasteiger partial charge in [-0.1, -0.05) is 60.7 Å². The summed E-state index contributed by atoms with van der Waals surface area (Å²) >= 11 is 0. The molecular formula is C25H32N2O5. The summed E-state index contributed by atoms with van der Waals surface area (Å²) in [6, 6.07) is 18.4. The van der Waals surface area contributed by atoms with Gasteiger partial charge in [0.15, 0.2) is 0 Å². The lowest BCUT2D eigenvalue weighted by molar-refractivity contribution is -0.00659. The van der Waals surface area contributed by atoms with E-state index in [1.165, 1.54) is 0 Å². The van der Waals surface area contributed by atoms with Crippen LogP contribution in [-0.4, -0.2) is 58.4 Å². The molecule has 0 aromatic heterocycles. The van der Waals surface area contributed by atoms with Gasteiger partial charge in [0.05, 0.1) is 12.1 Å². The van der Waals surface area contributed by atoms with Crippen LogP contribution in [-0.2, 0) is 16.1 Å². The summed E-state index contributed by atoms with van der Waals surface area (Å²) in [7, 11) is 0. The third-order valence-corrected chi connectivity index (χ3v) is 5.25. The summed E-state index contributed by atoms with van der Waals surface area (Å²) in [5.41, 5.74) is 1.05. The molecule has 172 valence electrons. The van der Waals surface area contributed by atoms with Gasteiger partial charge in [0.25, 0.3) is 0 Å². The first-order chi connectivity index (χ1) is 15.2. The average molecular weight is 441 g/mol. The Balaban J connectivity index is 1.70. The highest BCUT2D eigenvalue weighted by molar-refractivity contribution is 5.71. The third-order valence-electron chi connectivity index (χ3n) is 5.25. The van der Waals surface area contributed by atoms with E-state index in [4.69, 9.17) is 9.47 Å². The average Bonchev–Trinajstić information content (AvgIpc) is 2.77. The fraction of sp³-hybridized carbons (Fsp3) is 0.440. The molecule has 2 aromatic carbocycles. The van der Waals surface area contributed by atoms with E-state index in [1.807, 2.05) is 81.4 Å². The molecule has 1 aliphatic heterocycles. The minimum Gasteiger partial charge on any atom is -0.445 e. The van der Waals surface area contributed by atoms with E-state index < -0.39 is 29.9 Å². The van der Waals surface area contributed by atoms with Crippen molar-refractivity contribution in [2.24, 2.45) is 0 Å². The molecule has 3 rings (SSSR count). The Morgan fingerprint density at radius 1 is 1.00 bits per heavy atom. The van der Waals surface area contributed by atoms with E-state index in [9.17, 15) is 14.7 Å². The molecule has 0 spiro atoms. The standard InChI is InChI=1S/C25H32N2O5/c1-25(2,3)32-23(29)26-14-15-27(24(30)31-18-19-10-6-4-7-11-19)21(17-26)16-22(28)20-12-8-5-9-13-20/h4-13,21-22,28H,14-18H2,1-3H3. The van der Waals surface area contributed by atoms with Crippen LogP contribution in [0.5, 0.6) is 0 Å². The number of hydrogen-bond acceptors (Lipinski definition) is 5. The lowest BCUT2D eigenvalue weighted by Gasteiger charge is -2.41. The molecule has 2 unspecified atom stereocenters. The first kappa shape index (κ1) is 23.6. The van der Waals surface area contributed by atoms with Gasteiger partial charge in [-0.15, -0.1) is 0 Å². The second kappa shape index (κ2) is 10.5. The number of aliphatic hydroxyl groups is 1. The van der Waals surface area contributed by atoms with Crippen LogP contribution in [0.25, 0.3) is 0 Å². The molecule has 2 aromatic rings. The summed E-state index contributed by atoms with van der Waals surface area (Å²) in [5.74, 6) is 0. The first-order valence-corrected chi connectivity index (χ1v) is 10.9. The normalized spacial score (nSPS) is 17.6. The van der Waals surface area contributed by atoms with E-state index >= 15 is 0 Å². The SMILES string of the molecule is CC(C)(C)OC(=O)N1CCN(C(=O)OCc2ccccc2)C(CC(O)c2ccccc2)C1. The van der Waals surface area contributed by atoms with Crippen molar-refractivity contribution in [2.75, 3.05) is 19.6 Å². The van der Waals surface area contributed by atoms with Crippen LogP contribution < -0.4 is 0 Å².